The molecule has 0 unspecified atom stereocenters. The predicted octanol–water partition coefficient (Wildman–Crippen LogP) is 2.43. The van der Waals surface area contributed by atoms with Gasteiger partial charge in [0.1, 0.15) is 0 Å². The van der Waals surface area contributed by atoms with Crippen molar-refractivity contribution in [2.75, 3.05) is 20.1 Å². The van der Waals surface area contributed by atoms with Crippen LogP contribution >= 0.6 is 35.3 Å². The summed E-state index contributed by atoms with van der Waals surface area (Å²) < 4.78 is 0. The van der Waals surface area contributed by atoms with Gasteiger partial charge in [-0.15, -0.1) is 35.3 Å². The van der Waals surface area contributed by atoms with Gasteiger partial charge in [0.05, 0.1) is 10.7 Å². The summed E-state index contributed by atoms with van der Waals surface area (Å²) in [5.41, 5.74) is 1.15. The average Bonchev–Trinajstić information content (AvgIpc) is 2.69. The summed E-state index contributed by atoms with van der Waals surface area (Å²) in [4.78, 5) is 8.60. The minimum atomic E-state index is 0. The molecule has 0 aliphatic rings. The van der Waals surface area contributed by atoms with Crippen LogP contribution in [-0.4, -0.2) is 31.1 Å². The van der Waals surface area contributed by atoms with Crippen LogP contribution in [-0.2, 0) is 6.42 Å². The number of hydrogen-bond acceptors (Lipinski definition) is 3. The molecule has 104 valence electrons. The second kappa shape index (κ2) is 9.55. The van der Waals surface area contributed by atoms with Crippen LogP contribution < -0.4 is 10.6 Å². The Morgan fingerprint density at radius 1 is 1.44 bits per heavy atom. The molecule has 0 aromatic carbocycles. The number of aliphatic imine (C=N–C) groups is 1. The molecule has 1 heterocycles. The molecule has 0 aliphatic heterocycles. The smallest absolute Gasteiger partial charge is 0.190 e. The normalized spacial score (nSPS) is 11.3. The van der Waals surface area contributed by atoms with Gasteiger partial charge in [0.25, 0.3) is 0 Å². The van der Waals surface area contributed by atoms with E-state index < -0.39 is 0 Å². The standard InChI is InChI=1S/C12H22N4S.HI/c1-9(2)7-15-12(13-4)14-6-5-11-8-17-10(3)16-11;/h8-9H,5-7H2,1-4H3,(H2,13,14,15);1H. The molecule has 0 spiro atoms. The minimum Gasteiger partial charge on any atom is -0.356 e. The molecule has 0 aliphatic carbocycles. The lowest BCUT2D eigenvalue weighted by atomic mass is 10.2. The Labute approximate surface area is 131 Å². The molecule has 0 saturated carbocycles. The lowest BCUT2D eigenvalue weighted by Crippen LogP contribution is -2.39. The molecule has 2 N–H and O–H groups in total. The fourth-order valence-corrected chi connectivity index (χ4v) is 2.00. The van der Waals surface area contributed by atoms with Crippen LogP contribution in [0.1, 0.15) is 24.5 Å². The van der Waals surface area contributed by atoms with Gasteiger partial charge in [0, 0.05) is 31.9 Å². The number of hydrogen-bond donors (Lipinski definition) is 2. The molecule has 1 rings (SSSR count). The highest BCUT2D eigenvalue weighted by Crippen LogP contribution is 2.07. The zero-order valence-electron chi connectivity index (χ0n) is 11.5. The maximum absolute atomic E-state index is 4.43. The number of nitrogens with one attached hydrogen (secondary N) is 2. The second-order valence-corrected chi connectivity index (χ2v) is 5.44. The van der Waals surface area contributed by atoms with E-state index in [1.165, 1.54) is 0 Å². The fraction of sp³-hybridized carbons (Fsp3) is 0.667. The van der Waals surface area contributed by atoms with Crippen molar-refractivity contribution in [3.63, 3.8) is 0 Å². The number of aromatic nitrogens is 1. The molecule has 0 fully saturated rings. The van der Waals surface area contributed by atoms with Gasteiger partial charge in [-0.25, -0.2) is 4.98 Å². The van der Waals surface area contributed by atoms with Gasteiger partial charge < -0.3 is 10.6 Å². The summed E-state index contributed by atoms with van der Waals surface area (Å²) in [7, 11) is 1.79. The monoisotopic (exact) mass is 382 g/mol. The highest BCUT2D eigenvalue weighted by atomic mass is 127. The Bertz CT molecular complexity index is 363. The average molecular weight is 382 g/mol. The summed E-state index contributed by atoms with van der Waals surface area (Å²) >= 11 is 1.70. The Kier molecular flexibility index (Phi) is 9.35. The molecular formula is C12H23IN4S. The van der Waals surface area contributed by atoms with Gasteiger partial charge in [0.15, 0.2) is 5.96 Å². The molecule has 0 amide bonds. The molecule has 0 atom stereocenters. The van der Waals surface area contributed by atoms with E-state index in [9.17, 15) is 0 Å². The van der Waals surface area contributed by atoms with Crippen LogP contribution in [0.5, 0.6) is 0 Å². The van der Waals surface area contributed by atoms with E-state index in [1.54, 1.807) is 18.4 Å². The molecule has 4 nitrogen and oxygen atoms in total. The number of nitrogens with zero attached hydrogens (tertiary/aromatic N) is 2. The number of guanidine groups is 1. The number of thiazole rings is 1. The lowest BCUT2D eigenvalue weighted by molar-refractivity contribution is 0.614. The Morgan fingerprint density at radius 3 is 2.67 bits per heavy atom. The first-order valence-corrected chi connectivity index (χ1v) is 6.85. The maximum Gasteiger partial charge on any atom is 0.190 e. The highest BCUT2D eigenvalue weighted by molar-refractivity contribution is 14.0. The van der Waals surface area contributed by atoms with E-state index in [0.717, 1.165) is 36.2 Å². The zero-order valence-corrected chi connectivity index (χ0v) is 14.6. The molecule has 6 heteroatoms. The quantitative estimate of drug-likeness (QED) is 0.467. The largest absolute Gasteiger partial charge is 0.356 e. The van der Waals surface area contributed by atoms with Crippen LogP contribution in [0.15, 0.2) is 10.4 Å². The van der Waals surface area contributed by atoms with Crippen LogP contribution in [0.2, 0.25) is 0 Å². The molecule has 0 bridgehead atoms. The SMILES string of the molecule is CN=C(NCCc1csc(C)n1)NCC(C)C.I. The number of aryl methyl sites for hydroxylation is 1. The van der Waals surface area contributed by atoms with Crippen molar-refractivity contribution in [2.45, 2.75) is 27.2 Å². The van der Waals surface area contributed by atoms with Crippen molar-refractivity contribution >= 4 is 41.3 Å². The van der Waals surface area contributed by atoms with Crippen LogP contribution in [0.3, 0.4) is 0 Å². The summed E-state index contributed by atoms with van der Waals surface area (Å²) in [6.07, 6.45) is 0.937. The van der Waals surface area contributed by atoms with Crippen molar-refractivity contribution in [3.8, 4) is 0 Å². The van der Waals surface area contributed by atoms with Crippen molar-refractivity contribution in [1.29, 1.82) is 0 Å². The maximum atomic E-state index is 4.43. The van der Waals surface area contributed by atoms with E-state index in [4.69, 9.17) is 0 Å². The summed E-state index contributed by atoms with van der Waals surface area (Å²) in [6, 6.07) is 0. The van der Waals surface area contributed by atoms with E-state index in [-0.39, 0.29) is 24.0 Å². The van der Waals surface area contributed by atoms with Crippen molar-refractivity contribution in [2.24, 2.45) is 10.9 Å². The third-order valence-corrected chi connectivity index (χ3v) is 3.06. The van der Waals surface area contributed by atoms with Gasteiger partial charge in [-0.3, -0.25) is 4.99 Å². The van der Waals surface area contributed by atoms with Gasteiger partial charge in [0.2, 0.25) is 0 Å². The number of halogens is 1. The van der Waals surface area contributed by atoms with Gasteiger partial charge in [-0.1, -0.05) is 13.8 Å². The summed E-state index contributed by atoms with van der Waals surface area (Å²) in [6.45, 7) is 8.19. The van der Waals surface area contributed by atoms with Crippen molar-refractivity contribution in [1.82, 2.24) is 15.6 Å². The van der Waals surface area contributed by atoms with Gasteiger partial charge in [-0.05, 0) is 12.8 Å². The van der Waals surface area contributed by atoms with Crippen molar-refractivity contribution in [3.05, 3.63) is 16.1 Å². The summed E-state index contributed by atoms with van der Waals surface area (Å²) in [5.74, 6) is 1.49. The molecule has 18 heavy (non-hydrogen) atoms. The lowest BCUT2D eigenvalue weighted by Gasteiger charge is -2.12. The zero-order chi connectivity index (χ0) is 12.7. The van der Waals surface area contributed by atoms with E-state index in [0.29, 0.717) is 5.92 Å². The van der Waals surface area contributed by atoms with Crippen molar-refractivity contribution < 1.29 is 0 Å². The molecule has 1 aromatic heterocycles. The third kappa shape index (κ3) is 7.15. The molecule has 0 radical (unpaired) electrons. The molecule has 0 saturated heterocycles. The minimum absolute atomic E-state index is 0. The number of rotatable bonds is 5. The highest BCUT2D eigenvalue weighted by Gasteiger charge is 2.01. The van der Waals surface area contributed by atoms with E-state index in [2.05, 4.69) is 39.8 Å². The van der Waals surface area contributed by atoms with Gasteiger partial charge in [-0.2, -0.15) is 0 Å². The first-order chi connectivity index (χ1) is 8.11. The van der Waals surface area contributed by atoms with Crippen LogP contribution in [0, 0.1) is 12.8 Å². The predicted molar refractivity (Wildman–Crippen MR) is 90.2 cm³/mol. The van der Waals surface area contributed by atoms with Gasteiger partial charge >= 0.3 is 0 Å². The van der Waals surface area contributed by atoms with Crippen LogP contribution in [0.4, 0.5) is 0 Å². The first kappa shape index (κ1) is 17.6. The van der Waals surface area contributed by atoms with Crippen LogP contribution in [0.25, 0.3) is 0 Å². The Hall–Kier alpha value is -0.370. The Balaban J connectivity index is 0.00000289. The summed E-state index contributed by atoms with van der Waals surface area (Å²) in [5, 5.41) is 9.81. The van der Waals surface area contributed by atoms with E-state index >= 15 is 0 Å². The first-order valence-electron chi connectivity index (χ1n) is 5.97. The fourth-order valence-electron chi connectivity index (χ4n) is 1.35. The molecule has 1 aromatic rings. The molecular weight excluding hydrogens is 359 g/mol. The third-order valence-electron chi connectivity index (χ3n) is 2.24. The Morgan fingerprint density at radius 2 is 2.17 bits per heavy atom. The topological polar surface area (TPSA) is 49.3 Å². The van der Waals surface area contributed by atoms with E-state index in [1.807, 2.05) is 6.92 Å². The second-order valence-electron chi connectivity index (χ2n) is 4.38.